The normalized spacial score (nSPS) is 11.9. The minimum atomic E-state index is -1.03. The molecule has 0 bridgehead atoms. The average Bonchev–Trinajstić information content (AvgIpc) is 2.53. The first-order valence-corrected chi connectivity index (χ1v) is 7.21. The summed E-state index contributed by atoms with van der Waals surface area (Å²) in [5.74, 6) is -1.10. The van der Waals surface area contributed by atoms with Gasteiger partial charge in [0.1, 0.15) is 0 Å². The summed E-state index contributed by atoms with van der Waals surface area (Å²) in [6, 6.07) is 10.5. The second-order valence-electron chi connectivity index (χ2n) is 4.84. The Hall–Kier alpha value is -2.31. The van der Waals surface area contributed by atoms with Gasteiger partial charge in [0.25, 0.3) is 0 Å². The Kier molecular flexibility index (Phi) is 4.85. The number of ketones is 1. The van der Waals surface area contributed by atoms with Gasteiger partial charge in [-0.05, 0) is 35.4 Å². The molecule has 2 rings (SSSR count). The first-order chi connectivity index (χ1) is 10.4. The third kappa shape index (κ3) is 3.29. The zero-order valence-corrected chi connectivity index (χ0v) is 12.6. The number of aromatic carboxylic acids is 1. The first kappa shape index (κ1) is 16.1. The fourth-order valence-electron chi connectivity index (χ4n) is 2.12. The summed E-state index contributed by atoms with van der Waals surface area (Å²) in [6.45, 7) is 0. The van der Waals surface area contributed by atoms with Crippen molar-refractivity contribution in [1.82, 2.24) is 0 Å². The van der Waals surface area contributed by atoms with Crippen LogP contribution in [-0.2, 0) is 0 Å². The molecule has 0 saturated carbocycles. The zero-order valence-electron chi connectivity index (χ0n) is 11.7. The zero-order chi connectivity index (χ0) is 16.3. The molecule has 0 unspecified atom stereocenters. The van der Waals surface area contributed by atoms with Crippen LogP contribution in [0.15, 0.2) is 42.5 Å². The van der Waals surface area contributed by atoms with Gasteiger partial charge in [-0.15, -0.1) is 0 Å². The van der Waals surface area contributed by atoms with E-state index in [-0.39, 0.29) is 17.1 Å². The molecule has 22 heavy (non-hydrogen) atoms. The van der Waals surface area contributed by atoms with Crippen molar-refractivity contribution in [2.24, 2.45) is 5.73 Å². The number of nitrogen functional groups attached to an aromatic ring is 1. The first-order valence-electron chi connectivity index (χ1n) is 6.58. The smallest absolute Gasteiger partial charge is 0.335 e. The minimum Gasteiger partial charge on any atom is -0.478 e. The molecular weight excluding hydrogens is 300 g/mol. The summed E-state index contributed by atoms with van der Waals surface area (Å²) in [5, 5.41) is 9.09. The van der Waals surface area contributed by atoms with Crippen molar-refractivity contribution in [1.29, 1.82) is 0 Å². The van der Waals surface area contributed by atoms with Gasteiger partial charge < -0.3 is 16.6 Å². The summed E-state index contributed by atoms with van der Waals surface area (Å²) in [4.78, 5) is 23.5. The summed E-state index contributed by atoms with van der Waals surface area (Å²) in [7, 11) is 0. The third-order valence-electron chi connectivity index (χ3n) is 3.26. The maximum Gasteiger partial charge on any atom is 0.335 e. The number of carboxylic acid groups (broad SMARTS) is 1. The van der Waals surface area contributed by atoms with Crippen LogP contribution in [0.2, 0.25) is 0 Å². The molecule has 0 amide bonds. The molecule has 0 spiro atoms. The van der Waals surface area contributed by atoms with Crippen molar-refractivity contribution in [3.05, 3.63) is 53.6 Å². The number of rotatable bonds is 5. The van der Waals surface area contributed by atoms with E-state index in [1.165, 1.54) is 12.1 Å². The molecule has 2 aromatic carbocycles. The minimum absolute atomic E-state index is 0.145. The van der Waals surface area contributed by atoms with Gasteiger partial charge in [0, 0.05) is 17.0 Å². The van der Waals surface area contributed by atoms with Crippen LogP contribution in [0.4, 0.5) is 5.69 Å². The Morgan fingerprint density at radius 1 is 1.18 bits per heavy atom. The second-order valence-corrected chi connectivity index (χ2v) is 5.21. The highest BCUT2D eigenvalue weighted by molar-refractivity contribution is 7.80. The number of carboxylic acids is 1. The quantitative estimate of drug-likeness (QED) is 0.384. The van der Waals surface area contributed by atoms with Crippen LogP contribution in [0.5, 0.6) is 0 Å². The molecule has 0 aliphatic carbocycles. The van der Waals surface area contributed by atoms with Crippen molar-refractivity contribution in [3.63, 3.8) is 0 Å². The summed E-state index contributed by atoms with van der Waals surface area (Å²) < 4.78 is 0. The fraction of sp³-hybridized carbons (Fsp3) is 0.125. The predicted molar refractivity (Wildman–Crippen MR) is 89.4 cm³/mol. The Balaban J connectivity index is 2.58. The highest BCUT2D eigenvalue weighted by atomic mass is 32.1. The molecule has 1 atom stereocenters. The average molecular weight is 316 g/mol. The van der Waals surface area contributed by atoms with Gasteiger partial charge in [0.15, 0.2) is 5.78 Å². The topological polar surface area (TPSA) is 106 Å². The fourth-order valence-corrected chi connectivity index (χ4v) is 2.29. The lowest BCUT2D eigenvalue weighted by Crippen LogP contribution is -2.32. The van der Waals surface area contributed by atoms with Gasteiger partial charge in [0.2, 0.25) is 0 Å². The van der Waals surface area contributed by atoms with Gasteiger partial charge >= 0.3 is 5.97 Å². The van der Waals surface area contributed by atoms with Gasteiger partial charge in [0.05, 0.1) is 11.6 Å². The highest BCUT2D eigenvalue weighted by Gasteiger charge is 2.19. The molecule has 114 valence electrons. The molecule has 0 heterocycles. The number of nitrogens with two attached hydrogens (primary N) is 2. The van der Waals surface area contributed by atoms with Crippen molar-refractivity contribution in [2.45, 2.75) is 6.04 Å². The number of hydrogen-bond donors (Lipinski definition) is 4. The van der Waals surface area contributed by atoms with Gasteiger partial charge in [-0.2, -0.15) is 12.6 Å². The van der Waals surface area contributed by atoms with E-state index >= 15 is 0 Å². The SMILES string of the molecule is Nc1ccc(-c2cccc(C(=O)O)c2)c(C(=O)[C@@H](N)CS)c1. The van der Waals surface area contributed by atoms with Crippen LogP contribution in [-0.4, -0.2) is 28.7 Å². The van der Waals surface area contributed by atoms with Crippen LogP contribution in [0.1, 0.15) is 20.7 Å². The number of carbonyl (C=O) groups is 2. The molecule has 0 aliphatic rings. The van der Waals surface area contributed by atoms with Crippen LogP contribution in [0, 0.1) is 0 Å². The maximum absolute atomic E-state index is 12.4. The number of thiol groups is 1. The molecule has 5 N–H and O–H groups in total. The Bertz CT molecular complexity index is 731. The van der Waals surface area contributed by atoms with E-state index in [4.69, 9.17) is 16.6 Å². The molecule has 0 saturated heterocycles. The number of Topliss-reactive ketones (excluding diaryl/α,β-unsaturated/α-hetero) is 1. The van der Waals surface area contributed by atoms with Crippen molar-refractivity contribution < 1.29 is 14.7 Å². The van der Waals surface area contributed by atoms with E-state index in [0.717, 1.165) is 0 Å². The monoisotopic (exact) mass is 316 g/mol. The molecule has 2 aromatic rings. The van der Waals surface area contributed by atoms with Crippen LogP contribution < -0.4 is 11.5 Å². The standard InChI is InChI=1S/C16H16N2O3S/c17-11-4-5-12(13(7-11)15(19)14(18)8-22)9-2-1-3-10(6-9)16(20)21/h1-7,14,22H,8,17-18H2,(H,20,21)/t14-/m0/s1. The van der Waals surface area contributed by atoms with Crippen LogP contribution >= 0.6 is 12.6 Å². The van der Waals surface area contributed by atoms with Gasteiger partial charge in [-0.1, -0.05) is 18.2 Å². The van der Waals surface area contributed by atoms with E-state index in [0.29, 0.717) is 22.4 Å². The van der Waals surface area contributed by atoms with E-state index in [1.807, 2.05) is 0 Å². The molecule has 0 radical (unpaired) electrons. The molecule has 0 fully saturated rings. The third-order valence-corrected chi connectivity index (χ3v) is 3.66. The number of anilines is 1. The van der Waals surface area contributed by atoms with Crippen LogP contribution in [0.25, 0.3) is 11.1 Å². The lowest BCUT2D eigenvalue weighted by atomic mass is 9.93. The predicted octanol–water partition coefficient (Wildman–Crippen LogP) is 2.07. The van der Waals surface area contributed by atoms with E-state index in [9.17, 15) is 9.59 Å². The summed E-state index contributed by atoms with van der Waals surface area (Å²) in [5.41, 5.74) is 13.7. The maximum atomic E-state index is 12.4. The van der Waals surface area contributed by atoms with E-state index < -0.39 is 12.0 Å². The number of carbonyl (C=O) groups excluding carboxylic acids is 1. The van der Waals surface area contributed by atoms with Crippen molar-refractivity contribution in [3.8, 4) is 11.1 Å². The summed E-state index contributed by atoms with van der Waals surface area (Å²) in [6.07, 6.45) is 0. The van der Waals surface area contributed by atoms with E-state index in [2.05, 4.69) is 12.6 Å². The van der Waals surface area contributed by atoms with Crippen molar-refractivity contribution in [2.75, 3.05) is 11.5 Å². The molecule has 0 aromatic heterocycles. The molecule has 5 nitrogen and oxygen atoms in total. The van der Waals surface area contributed by atoms with Gasteiger partial charge in [-0.25, -0.2) is 4.79 Å². The Labute approximate surface area is 133 Å². The Morgan fingerprint density at radius 2 is 1.91 bits per heavy atom. The highest BCUT2D eigenvalue weighted by Crippen LogP contribution is 2.27. The molecule has 0 aliphatic heterocycles. The number of benzene rings is 2. The Morgan fingerprint density at radius 3 is 2.55 bits per heavy atom. The molecule has 6 heteroatoms. The number of hydrogen-bond acceptors (Lipinski definition) is 5. The second kappa shape index (κ2) is 6.64. The van der Waals surface area contributed by atoms with E-state index in [1.54, 1.807) is 30.3 Å². The largest absolute Gasteiger partial charge is 0.478 e. The lowest BCUT2D eigenvalue weighted by Gasteiger charge is -2.13. The van der Waals surface area contributed by atoms with Crippen molar-refractivity contribution >= 4 is 30.1 Å². The summed E-state index contributed by atoms with van der Waals surface area (Å²) >= 11 is 4.04. The van der Waals surface area contributed by atoms with Gasteiger partial charge in [-0.3, -0.25) is 4.79 Å². The lowest BCUT2D eigenvalue weighted by molar-refractivity contribution is 0.0696. The molecular formula is C16H16N2O3S. The van der Waals surface area contributed by atoms with Crippen LogP contribution in [0.3, 0.4) is 0 Å².